The number of aliphatic hydroxyl groups is 1. The maximum absolute atomic E-state index is 13.9. The highest BCUT2D eigenvalue weighted by molar-refractivity contribution is 6.08. The van der Waals surface area contributed by atoms with E-state index in [1.807, 2.05) is 20.8 Å². The van der Waals surface area contributed by atoms with Crippen molar-refractivity contribution in [2.45, 2.75) is 68.2 Å². The summed E-state index contributed by atoms with van der Waals surface area (Å²) in [6.45, 7) is 16.1. The van der Waals surface area contributed by atoms with Crippen LogP contribution >= 0.6 is 0 Å². The first-order valence-corrected chi connectivity index (χ1v) is 25.0. The van der Waals surface area contributed by atoms with E-state index in [9.17, 15) is 9.90 Å². The van der Waals surface area contributed by atoms with Gasteiger partial charge in [0.25, 0.3) is 0 Å². The predicted molar refractivity (Wildman–Crippen MR) is 302 cm³/mol. The van der Waals surface area contributed by atoms with Gasteiger partial charge >= 0.3 is 0 Å². The summed E-state index contributed by atoms with van der Waals surface area (Å²) in [7, 11) is 0. The fraction of sp³-hybridized carbons (Fsp3) is 0.162. The van der Waals surface area contributed by atoms with Crippen molar-refractivity contribution >= 4 is 27.3 Å². The quantitative estimate of drug-likeness (QED) is 0.104. The van der Waals surface area contributed by atoms with E-state index < -0.39 is 5.41 Å². The molecule has 2 heterocycles. The van der Waals surface area contributed by atoms with E-state index in [0.29, 0.717) is 12.0 Å². The molecule has 1 N–H and O–H groups in total. The maximum atomic E-state index is 13.9. The van der Waals surface area contributed by atoms with Crippen LogP contribution in [0, 0.1) is 33.1 Å². The number of pyridine rings is 2. The number of carbonyl (C=O) groups excluding carboxylic acids is 1. The van der Waals surface area contributed by atoms with Crippen molar-refractivity contribution in [1.29, 1.82) is 0 Å². The number of ketones is 1. The van der Waals surface area contributed by atoms with Gasteiger partial charge in [-0.3, -0.25) is 14.8 Å². The molecule has 2 aromatic heterocycles. The lowest BCUT2D eigenvalue weighted by atomic mass is 9.81. The van der Waals surface area contributed by atoms with Crippen LogP contribution < -0.4 is 0 Å². The highest BCUT2D eigenvalue weighted by atomic mass is 16.3. The number of Topliss-reactive ketones (excluding diaryl/α,β-unsaturated/α-hetero) is 1. The largest absolute Gasteiger partial charge is 0.512 e. The smallest absolute Gasteiger partial charge is 0.163 e. The van der Waals surface area contributed by atoms with Gasteiger partial charge in [-0.15, -0.1) is 0 Å². The Labute approximate surface area is 424 Å². The molecular weight excluding hydrogens is 877 g/mol. The van der Waals surface area contributed by atoms with Gasteiger partial charge in [-0.25, -0.2) is 0 Å². The monoisotopic (exact) mass is 936 g/mol. The van der Waals surface area contributed by atoms with Crippen molar-refractivity contribution in [3.8, 4) is 78.1 Å². The summed E-state index contributed by atoms with van der Waals surface area (Å²) in [6, 6.07) is 63.3. The zero-order valence-electron chi connectivity index (χ0n) is 42.6. The standard InChI is InChI=1S/C68H60N2O2/c1-42-31-43(2)34-51(33-42)66-60-27-17-15-25-58(60)62(40-69-66)56-23-13-11-21-54(56)49-37-48(53-20-10-9-19-47(53)29-30-64(72)65(46(5)71)68(6,7)8)38-50(39-49)55-22-12-14-24-57(55)63-41-70-67(61-28-18-16-26-59(61)63)52-35-44(3)32-45(4)36-52/h9-28,31-41,71H,29-30H2,1-8H3. The van der Waals surface area contributed by atoms with Gasteiger partial charge in [-0.1, -0.05) is 176 Å². The van der Waals surface area contributed by atoms with Crippen molar-refractivity contribution in [2.75, 3.05) is 0 Å². The molecule has 0 aliphatic carbocycles. The van der Waals surface area contributed by atoms with E-state index in [2.05, 4.69) is 216 Å². The Balaban J connectivity index is 1.17. The van der Waals surface area contributed by atoms with Crippen molar-refractivity contribution < 1.29 is 9.90 Å². The second kappa shape index (κ2) is 19.5. The molecule has 10 aromatic rings. The van der Waals surface area contributed by atoms with Gasteiger partial charge in [0.05, 0.1) is 17.1 Å². The molecule has 4 heteroatoms. The molecule has 0 amide bonds. The number of carbonyl (C=O) groups is 1. The van der Waals surface area contributed by atoms with E-state index in [1.54, 1.807) is 6.92 Å². The number of aromatic nitrogens is 2. The molecule has 0 fully saturated rings. The summed E-state index contributed by atoms with van der Waals surface area (Å²) in [6.07, 6.45) is 4.89. The van der Waals surface area contributed by atoms with Crippen LogP contribution in [0.4, 0.5) is 0 Å². The van der Waals surface area contributed by atoms with E-state index in [1.165, 1.54) is 22.3 Å². The van der Waals surface area contributed by atoms with Gasteiger partial charge in [0, 0.05) is 57.4 Å². The van der Waals surface area contributed by atoms with Gasteiger partial charge in [0.15, 0.2) is 5.78 Å². The average molecular weight is 937 g/mol. The van der Waals surface area contributed by atoms with Crippen LogP contribution in [0.3, 0.4) is 0 Å². The van der Waals surface area contributed by atoms with Gasteiger partial charge < -0.3 is 5.11 Å². The van der Waals surface area contributed by atoms with Gasteiger partial charge in [-0.2, -0.15) is 0 Å². The first-order valence-electron chi connectivity index (χ1n) is 25.0. The number of aryl methyl sites for hydroxylation is 5. The summed E-state index contributed by atoms with van der Waals surface area (Å²) in [4.78, 5) is 24.4. The third-order valence-corrected chi connectivity index (χ3v) is 13.9. The molecule has 354 valence electrons. The zero-order valence-corrected chi connectivity index (χ0v) is 42.6. The molecule has 4 nitrogen and oxygen atoms in total. The van der Waals surface area contributed by atoms with Crippen LogP contribution in [-0.2, 0) is 11.2 Å². The van der Waals surface area contributed by atoms with E-state index in [4.69, 9.17) is 9.97 Å². The number of hydrogen-bond donors (Lipinski definition) is 1. The summed E-state index contributed by atoms with van der Waals surface area (Å²) in [5.41, 5.74) is 20.7. The Morgan fingerprint density at radius 2 is 0.792 bits per heavy atom. The van der Waals surface area contributed by atoms with Crippen LogP contribution in [0.2, 0.25) is 0 Å². The highest BCUT2D eigenvalue weighted by Gasteiger charge is 2.27. The van der Waals surface area contributed by atoms with Crippen molar-refractivity contribution in [2.24, 2.45) is 5.41 Å². The van der Waals surface area contributed by atoms with Crippen LogP contribution in [0.25, 0.3) is 99.7 Å². The Bertz CT molecular complexity index is 3530. The van der Waals surface area contributed by atoms with Crippen LogP contribution in [0.1, 0.15) is 61.9 Å². The second-order valence-corrected chi connectivity index (χ2v) is 20.6. The second-order valence-electron chi connectivity index (χ2n) is 20.6. The van der Waals surface area contributed by atoms with Crippen LogP contribution in [0.5, 0.6) is 0 Å². The number of rotatable bonds is 11. The fourth-order valence-corrected chi connectivity index (χ4v) is 11.1. The molecule has 0 spiro atoms. The number of allylic oxidation sites excluding steroid dienone is 2. The molecule has 0 aliphatic rings. The Morgan fingerprint density at radius 1 is 0.431 bits per heavy atom. The molecular formula is C68H60N2O2. The van der Waals surface area contributed by atoms with Crippen molar-refractivity contribution in [3.05, 3.63) is 227 Å². The molecule has 0 atom stereocenters. The molecule has 0 radical (unpaired) electrons. The minimum absolute atomic E-state index is 0.0385. The van der Waals surface area contributed by atoms with Crippen LogP contribution in [-0.4, -0.2) is 20.9 Å². The minimum Gasteiger partial charge on any atom is -0.512 e. The first-order chi connectivity index (χ1) is 34.7. The third kappa shape index (κ3) is 9.41. The normalized spacial score (nSPS) is 12.1. The van der Waals surface area contributed by atoms with E-state index >= 15 is 0 Å². The van der Waals surface area contributed by atoms with Gasteiger partial charge in [-0.05, 0) is 150 Å². The molecule has 72 heavy (non-hydrogen) atoms. The van der Waals surface area contributed by atoms with E-state index in [-0.39, 0.29) is 18.0 Å². The number of hydrogen-bond acceptors (Lipinski definition) is 4. The summed E-state index contributed by atoms with van der Waals surface area (Å²) >= 11 is 0. The van der Waals surface area contributed by atoms with Crippen molar-refractivity contribution in [3.63, 3.8) is 0 Å². The Kier molecular flexibility index (Phi) is 12.9. The molecule has 10 rings (SSSR count). The number of nitrogens with zero attached hydrogens (tertiary/aromatic N) is 2. The molecule has 0 aliphatic heterocycles. The third-order valence-electron chi connectivity index (χ3n) is 13.9. The average Bonchev–Trinajstić information content (AvgIpc) is 3.36. The first kappa shape index (κ1) is 47.5. The number of benzene rings is 8. The number of fused-ring (bicyclic) bond motifs is 2. The Hall–Kier alpha value is -8.21. The topological polar surface area (TPSA) is 63.1 Å². The Morgan fingerprint density at radius 3 is 1.21 bits per heavy atom. The van der Waals surface area contributed by atoms with Crippen LogP contribution in [0.15, 0.2) is 200 Å². The lowest BCUT2D eigenvalue weighted by Crippen LogP contribution is -2.20. The highest BCUT2D eigenvalue weighted by Crippen LogP contribution is 2.45. The molecule has 8 aromatic carbocycles. The molecule has 0 bridgehead atoms. The lowest BCUT2D eigenvalue weighted by Gasteiger charge is -2.23. The SMILES string of the molecule is CC(O)=C(C(=O)CCc1ccccc1-c1cc(-c2ccccc2-c2cnc(-c3cc(C)cc(C)c3)c3ccccc23)cc(-c2ccccc2-c2cnc(-c3cc(C)cc(C)c3)c3ccccc23)c1)C(C)(C)C. The van der Waals surface area contributed by atoms with Crippen molar-refractivity contribution in [1.82, 2.24) is 9.97 Å². The summed E-state index contributed by atoms with van der Waals surface area (Å²) in [5, 5.41) is 15.2. The molecule has 0 unspecified atom stereocenters. The minimum atomic E-state index is -0.485. The van der Waals surface area contributed by atoms with E-state index in [0.717, 1.165) is 105 Å². The zero-order chi connectivity index (χ0) is 50.3. The lowest BCUT2D eigenvalue weighted by molar-refractivity contribution is -0.116. The predicted octanol–water partition coefficient (Wildman–Crippen LogP) is 18.1. The summed E-state index contributed by atoms with van der Waals surface area (Å²) in [5.74, 6) is 0.0459. The van der Waals surface area contributed by atoms with Gasteiger partial charge in [0.2, 0.25) is 0 Å². The molecule has 0 saturated carbocycles. The summed E-state index contributed by atoms with van der Waals surface area (Å²) < 4.78 is 0. The molecule has 0 saturated heterocycles. The fourth-order valence-electron chi connectivity index (χ4n) is 11.1. The number of aliphatic hydroxyl groups excluding tert-OH is 1. The van der Waals surface area contributed by atoms with Gasteiger partial charge in [0.1, 0.15) is 0 Å². The maximum Gasteiger partial charge on any atom is 0.163 e.